The smallest absolute Gasteiger partial charge is 0.0900 e. The number of β-amino-alcohol motifs (C(OH)–C–C–N with tert-alkyl or cyclic N) is 1. The van der Waals surface area contributed by atoms with Gasteiger partial charge in [-0.15, -0.1) is 0 Å². The Bertz CT molecular complexity index is 642. The lowest BCUT2D eigenvalue weighted by atomic mass is 10.1. The Hall–Kier alpha value is -1.72. The van der Waals surface area contributed by atoms with E-state index >= 15 is 0 Å². The largest absolute Gasteiger partial charge is 0.389 e. The van der Waals surface area contributed by atoms with Crippen molar-refractivity contribution >= 4 is 0 Å². The second kappa shape index (κ2) is 10.6. The van der Waals surface area contributed by atoms with Gasteiger partial charge in [0.05, 0.1) is 18.8 Å². The highest BCUT2D eigenvalue weighted by molar-refractivity contribution is 5.17. The van der Waals surface area contributed by atoms with Crippen molar-refractivity contribution in [1.82, 2.24) is 9.80 Å². The molecule has 1 aliphatic heterocycles. The molecule has 0 aliphatic carbocycles. The van der Waals surface area contributed by atoms with Gasteiger partial charge in [-0.05, 0) is 17.5 Å². The maximum atomic E-state index is 10.4. The Labute approximate surface area is 163 Å². The van der Waals surface area contributed by atoms with E-state index in [9.17, 15) is 5.11 Å². The summed E-state index contributed by atoms with van der Waals surface area (Å²) in [7, 11) is 0. The van der Waals surface area contributed by atoms with Crippen molar-refractivity contribution in [3.05, 3.63) is 71.8 Å². The molecule has 0 amide bonds. The molecular weight excluding hydrogens is 336 g/mol. The molecule has 1 aliphatic rings. The van der Waals surface area contributed by atoms with Gasteiger partial charge in [0.1, 0.15) is 0 Å². The third-order valence-electron chi connectivity index (χ3n) is 5.21. The lowest BCUT2D eigenvalue weighted by molar-refractivity contribution is -0.0284. The van der Waals surface area contributed by atoms with Gasteiger partial charge in [0, 0.05) is 39.3 Å². The van der Waals surface area contributed by atoms with Crippen molar-refractivity contribution in [3.8, 4) is 0 Å². The number of hydrogen-bond acceptors (Lipinski definition) is 4. The Morgan fingerprint density at radius 1 is 0.889 bits per heavy atom. The quantitative estimate of drug-likeness (QED) is 0.736. The summed E-state index contributed by atoms with van der Waals surface area (Å²) in [6.07, 6.45) is 0.529. The topological polar surface area (TPSA) is 35.9 Å². The minimum Gasteiger partial charge on any atom is -0.389 e. The van der Waals surface area contributed by atoms with E-state index < -0.39 is 6.10 Å². The summed E-state index contributed by atoms with van der Waals surface area (Å²) in [6, 6.07) is 20.9. The van der Waals surface area contributed by atoms with Crippen LogP contribution in [0.3, 0.4) is 0 Å². The van der Waals surface area contributed by atoms with Crippen molar-refractivity contribution in [1.29, 1.82) is 0 Å². The molecule has 3 rings (SSSR count). The lowest BCUT2D eigenvalue weighted by Crippen LogP contribution is -2.48. The summed E-state index contributed by atoms with van der Waals surface area (Å²) < 4.78 is 5.99. The van der Waals surface area contributed by atoms with Crippen molar-refractivity contribution in [2.75, 3.05) is 39.3 Å². The van der Waals surface area contributed by atoms with E-state index in [1.165, 1.54) is 11.1 Å². The maximum absolute atomic E-state index is 10.4. The molecule has 0 unspecified atom stereocenters. The van der Waals surface area contributed by atoms with Gasteiger partial charge in [0.25, 0.3) is 0 Å². The molecule has 27 heavy (non-hydrogen) atoms. The van der Waals surface area contributed by atoms with Crippen LogP contribution < -0.4 is 0 Å². The molecule has 4 nitrogen and oxygen atoms in total. The molecule has 1 N–H and O–H groups in total. The minimum atomic E-state index is -0.441. The second-order valence-electron chi connectivity index (χ2n) is 7.36. The number of nitrogens with zero attached hydrogens (tertiary/aromatic N) is 2. The number of piperazine rings is 1. The highest BCUT2D eigenvalue weighted by Gasteiger charge is 2.20. The molecule has 0 bridgehead atoms. The van der Waals surface area contributed by atoms with E-state index in [0.29, 0.717) is 13.2 Å². The SMILES string of the molecule is CC[C@@H](OC[C@@H](O)CN1CCN(Cc2ccccc2)CC1)c1ccccc1. The Morgan fingerprint density at radius 3 is 2.11 bits per heavy atom. The predicted octanol–water partition coefficient (Wildman–Crippen LogP) is 3.33. The molecule has 0 aromatic heterocycles. The highest BCUT2D eigenvalue weighted by Crippen LogP contribution is 2.20. The first kappa shape index (κ1) is 20.0. The van der Waals surface area contributed by atoms with Crippen molar-refractivity contribution in [3.63, 3.8) is 0 Å². The minimum absolute atomic E-state index is 0.0589. The Balaban J connectivity index is 1.37. The van der Waals surface area contributed by atoms with Gasteiger partial charge in [-0.3, -0.25) is 9.80 Å². The van der Waals surface area contributed by atoms with E-state index in [0.717, 1.165) is 39.1 Å². The van der Waals surface area contributed by atoms with Crippen LogP contribution in [-0.4, -0.2) is 60.3 Å². The summed E-state index contributed by atoms with van der Waals surface area (Å²) in [5, 5.41) is 10.4. The summed E-state index contributed by atoms with van der Waals surface area (Å²) in [5.41, 5.74) is 2.55. The monoisotopic (exact) mass is 368 g/mol. The third kappa shape index (κ3) is 6.43. The molecule has 1 fully saturated rings. The molecule has 2 aromatic carbocycles. The molecule has 4 heteroatoms. The van der Waals surface area contributed by atoms with Crippen LogP contribution in [0.15, 0.2) is 60.7 Å². The Morgan fingerprint density at radius 2 is 1.48 bits per heavy atom. The molecule has 0 saturated carbocycles. The first-order chi connectivity index (χ1) is 13.2. The van der Waals surface area contributed by atoms with Crippen LogP contribution in [0.1, 0.15) is 30.6 Å². The van der Waals surface area contributed by atoms with Crippen LogP contribution in [0, 0.1) is 0 Å². The van der Waals surface area contributed by atoms with Crippen molar-refractivity contribution in [2.24, 2.45) is 0 Å². The predicted molar refractivity (Wildman–Crippen MR) is 110 cm³/mol. The number of rotatable bonds is 9. The zero-order chi connectivity index (χ0) is 18.9. The van der Waals surface area contributed by atoms with Gasteiger partial charge >= 0.3 is 0 Å². The van der Waals surface area contributed by atoms with Gasteiger partial charge in [0.15, 0.2) is 0 Å². The van der Waals surface area contributed by atoms with Gasteiger partial charge < -0.3 is 9.84 Å². The average Bonchev–Trinajstić information content (AvgIpc) is 2.71. The summed E-state index contributed by atoms with van der Waals surface area (Å²) in [5.74, 6) is 0. The van der Waals surface area contributed by atoms with E-state index in [1.807, 2.05) is 18.2 Å². The normalized spacial score (nSPS) is 18.3. The fraction of sp³-hybridized carbons (Fsp3) is 0.478. The fourth-order valence-corrected chi connectivity index (χ4v) is 3.67. The second-order valence-corrected chi connectivity index (χ2v) is 7.36. The first-order valence-corrected chi connectivity index (χ1v) is 10.1. The molecule has 0 spiro atoms. The van der Waals surface area contributed by atoms with Crippen LogP contribution in [0.25, 0.3) is 0 Å². The van der Waals surface area contributed by atoms with Crippen LogP contribution in [0.2, 0.25) is 0 Å². The van der Waals surface area contributed by atoms with Gasteiger partial charge in [-0.2, -0.15) is 0 Å². The molecule has 1 saturated heterocycles. The lowest BCUT2D eigenvalue weighted by Gasteiger charge is -2.35. The van der Waals surface area contributed by atoms with Gasteiger partial charge in [-0.25, -0.2) is 0 Å². The van der Waals surface area contributed by atoms with E-state index in [-0.39, 0.29) is 6.10 Å². The summed E-state index contributed by atoms with van der Waals surface area (Å²) in [6.45, 7) is 8.29. The fourth-order valence-electron chi connectivity index (χ4n) is 3.67. The molecule has 0 radical (unpaired) electrons. The number of aliphatic hydroxyl groups excluding tert-OH is 1. The molecule has 2 aromatic rings. The Kier molecular flexibility index (Phi) is 7.84. The highest BCUT2D eigenvalue weighted by atomic mass is 16.5. The van der Waals surface area contributed by atoms with Crippen LogP contribution in [0.5, 0.6) is 0 Å². The van der Waals surface area contributed by atoms with Crippen molar-refractivity contribution < 1.29 is 9.84 Å². The number of benzene rings is 2. The standard InChI is InChI=1S/C23H32N2O2/c1-2-23(21-11-7-4-8-12-21)27-19-22(26)18-25-15-13-24(14-16-25)17-20-9-5-3-6-10-20/h3-12,22-23,26H,2,13-19H2,1H3/t22-,23+/m0/s1. The number of hydrogen-bond donors (Lipinski definition) is 1. The van der Waals surface area contributed by atoms with Gasteiger partial charge in [0.2, 0.25) is 0 Å². The molecular formula is C23H32N2O2. The number of ether oxygens (including phenoxy) is 1. The molecule has 1 heterocycles. The van der Waals surface area contributed by atoms with Crippen LogP contribution >= 0.6 is 0 Å². The first-order valence-electron chi connectivity index (χ1n) is 10.1. The van der Waals surface area contributed by atoms with Crippen LogP contribution in [-0.2, 0) is 11.3 Å². The van der Waals surface area contributed by atoms with E-state index in [1.54, 1.807) is 0 Å². The zero-order valence-electron chi connectivity index (χ0n) is 16.3. The summed E-state index contributed by atoms with van der Waals surface area (Å²) in [4.78, 5) is 4.83. The van der Waals surface area contributed by atoms with Gasteiger partial charge in [-0.1, -0.05) is 67.6 Å². The maximum Gasteiger partial charge on any atom is 0.0900 e. The third-order valence-corrected chi connectivity index (χ3v) is 5.21. The van der Waals surface area contributed by atoms with Crippen LogP contribution in [0.4, 0.5) is 0 Å². The van der Waals surface area contributed by atoms with E-state index in [4.69, 9.17) is 4.74 Å². The van der Waals surface area contributed by atoms with E-state index in [2.05, 4.69) is 59.2 Å². The molecule has 2 atom stereocenters. The zero-order valence-corrected chi connectivity index (χ0v) is 16.3. The number of aliphatic hydroxyl groups is 1. The summed E-state index contributed by atoms with van der Waals surface area (Å²) >= 11 is 0. The van der Waals surface area contributed by atoms with Crippen molar-refractivity contribution in [2.45, 2.75) is 32.1 Å². The average molecular weight is 369 g/mol. The molecule has 146 valence electrons.